The van der Waals surface area contributed by atoms with Crippen LogP contribution >= 0.6 is 0 Å². The van der Waals surface area contributed by atoms with E-state index >= 15 is 0 Å². The SMILES string of the molecule is O=C(Nc1cccc(F)n1)c1ccn[nH]1. The van der Waals surface area contributed by atoms with E-state index in [9.17, 15) is 9.18 Å². The number of anilines is 1. The molecule has 0 aliphatic rings. The number of carbonyl (C=O) groups excluding carboxylic acids is 1. The minimum atomic E-state index is -0.641. The first-order chi connectivity index (χ1) is 7.25. The standard InChI is InChI=1S/C9H7FN4O/c10-7-2-1-3-8(12-7)13-9(15)6-4-5-11-14-6/h1-5H,(H,11,14)(H,12,13,15). The average molecular weight is 206 g/mol. The Morgan fingerprint density at radius 3 is 2.93 bits per heavy atom. The van der Waals surface area contributed by atoms with Gasteiger partial charge >= 0.3 is 0 Å². The van der Waals surface area contributed by atoms with E-state index in [0.717, 1.165) is 0 Å². The van der Waals surface area contributed by atoms with Gasteiger partial charge in [-0.3, -0.25) is 9.89 Å². The second-order valence-electron chi connectivity index (χ2n) is 2.77. The topological polar surface area (TPSA) is 70.7 Å². The van der Waals surface area contributed by atoms with Crippen molar-refractivity contribution in [3.05, 3.63) is 42.1 Å². The molecule has 0 saturated heterocycles. The first-order valence-corrected chi connectivity index (χ1v) is 4.19. The second kappa shape index (κ2) is 3.87. The summed E-state index contributed by atoms with van der Waals surface area (Å²) in [7, 11) is 0. The Morgan fingerprint density at radius 2 is 2.27 bits per heavy atom. The van der Waals surface area contributed by atoms with Crippen LogP contribution in [0.4, 0.5) is 10.2 Å². The molecule has 2 aromatic heterocycles. The number of carbonyl (C=O) groups is 1. The molecule has 6 heteroatoms. The largest absolute Gasteiger partial charge is 0.305 e. The fourth-order valence-electron chi connectivity index (χ4n) is 1.04. The number of nitrogens with one attached hydrogen (secondary N) is 2. The van der Waals surface area contributed by atoms with E-state index in [-0.39, 0.29) is 5.82 Å². The lowest BCUT2D eigenvalue weighted by molar-refractivity contribution is 0.102. The molecule has 2 rings (SSSR count). The van der Waals surface area contributed by atoms with Crippen LogP contribution < -0.4 is 5.32 Å². The molecule has 0 spiro atoms. The summed E-state index contributed by atoms with van der Waals surface area (Å²) in [5.74, 6) is -0.891. The van der Waals surface area contributed by atoms with Gasteiger partial charge in [-0.25, -0.2) is 4.98 Å². The Balaban J connectivity index is 2.13. The monoisotopic (exact) mass is 206 g/mol. The lowest BCUT2D eigenvalue weighted by Gasteiger charge is -2.01. The summed E-state index contributed by atoms with van der Waals surface area (Å²) < 4.78 is 12.7. The third kappa shape index (κ3) is 2.16. The van der Waals surface area contributed by atoms with Crippen LogP contribution in [0, 0.1) is 5.95 Å². The Labute approximate surface area is 84.3 Å². The number of hydrogen-bond acceptors (Lipinski definition) is 3. The van der Waals surface area contributed by atoms with Gasteiger partial charge in [0.15, 0.2) is 0 Å². The number of H-pyrrole nitrogens is 1. The van der Waals surface area contributed by atoms with Gasteiger partial charge in [-0.2, -0.15) is 9.49 Å². The number of hydrogen-bond donors (Lipinski definition) is 2. The molecule has 0 fully saturated rings. The quantitative estimate of drug-likeness (QED) is 0.725. The van der Waals surface area contributed by atoms with E-state index in [4.69, 9.17) is 0 Å². The van der Waals surface area contributed by atoms with E-state index in [2.05, 4.69) is 20.5 Å². The molecule has 0 saturated carbocycles. The highest BCUT2D eigenvalue weighted by atomic mass is 19.1. The van der Waals surface area contributed by atoms with Crippen molar-refractivity contribution in [1.82, 2.24) is 15.2 Å². The van der Waals surface area contributed by atoms with Crippen molar-refractivity contribution in [3.63, 3.8) is 0 Å². The van der Waals surface area contributed by atoms with Crippen molar-refractivity contribution < 1.29 is 9.18 Å². The van der Waals surface area contributed by atoms with E-state index in [1.807, 2.05) is 0 Å². The van der Waals surface area contributed by atoms with Crippen molar-refractivity contribution in [2.24, 2.45) is 0 Å². The molecule has 15 heavy (non-hydrogen) atoms. The first-order valence-electron chi connectivity index (χ1n) is 4.19. The van der Waals surface area contributed by atoms with Crippen LogP contribution in [0.1, 0.15) is 10.5 Å². The number of rotatable bonds is 2. The number of amides is 1. The minimum Gasteiger partial charge on any atom is -0.305 e. The van der Waals surface area contributed by atoms with E-state index in [1.54, 1.807) is 0 Å². The summed E-state index contributed by atoms with van der Waals surface area (Å²) >= 11 is 0. The highest BCUT2D eigenvalue weighted by molar-refractivity contribution is 6.02. The molecule has 0 bridgehead atoms. The molecule has 0 aliphatic carbocycles. The van der Waals surface area contributed by atoms with E-state index in [0.29, 0.717) is 5.69 Å². The summed E-state index contributed by atoms with van der Waals surface area (Å²) in [5, 5.41) is 8.53. The van der Waals surface area contributed by atoms with E-state index in [1.165, 1.54) is 30.5 Å². The van der Waals surface area contributed by atoms with Crippen molar-refractivity contribution in [2.45, 2.75) is 0 Å². The Morgan fingerprint density at radius 1 is 1.40 bits per heavy atom. The number of aromatic nitrogens is 3. The minimum absolute atomic E-state index is 0.162. The molecular weight excluding hydrogens is 199 g/mol. The molecule has 1 amide bonds. The van der Waals surface area contributed by atoms with Crippen LogP contribution in [0.25, 0.3) is 0 Å². The Hall–Kier alpha value is -2.24. The molecule has 2 heterocycles. The molecular formula is C9H7FN4O. The summed E-state index contributed by atoms with van der Waals surface area (Å²) in [6.07, 6.45) is 1.45. The number of aromatic amines is 1. The van der Waals surface area contributed by atoms with Crippen molar-refractivity contribution in [1.29, 1.82) is 0 Å². The molecule has 0 unspecified atom stereocenters. The van der Waals surface area contributed by atoms with Crippen molar-refractivity contribution >= 4 is 11.7 Å². The molecule has 2 aromatic rings. The van der Waals surface area contributed by atoms with E-state index < -0.39 is 11.9 Å². The summed E-state index contributed by atoms with van der Waals surface area (Å²) in [5.41, 5.74) is 0.293. The van der Waals surface area contributed by atoms with Gasteiger partial charge in [0.05, 0.1) is 0 Å². The second-order valence-corrected chi connectivity index (χ2v) is 2.77. The molecule has 0 atom stereocenters. The van der Waals surface area contributed by atoms with Gasteiger partial charge < -0.3 is 5.32 Å². The van der Waals surface area contributed by atoms with Crippen LogP contribution in [0.15, 0.2) is 30.5 Å². The van der Waals surface area contributed by atoms with Crippen LogP contribution in [0.3, 0.4) is 0 Å². The Bertz CT molecular complexity index is 469. The molecule has 0 aliphatic heterocycles. The fourth-order valence-corrected chi connectivity index (χ4v) is 1.04. The lowest BCUT2D eigenvalue weighted by Crippen LogP contribution is -2.13. The lowest BCUT2D eigenvalue weighted by atomic mass is 10.4. The molecule has 2 N–H and O–H groups in total. The maximum Gasteiger partial charge on any atom is 0.274 e. The van der Waals surface area contributed by atoms with Crippen LogP contribution in [0.2, 0.25) is 0 Å². The highest BCUT2D eigenvalue weighted by Crippen LogP contribution is 2.05. The van der Waals surface area contributed by atoms with Crippen molar-refractivity contribution in [3.8, 4) is 0 Å². The first kappa shape index (κ1) is 9.32. The Kier molecular flexibility index (Phi) is 2.40. The maximum atomic E-state index is 12.7. The smallest absolute Gasteiger partial charge is 0.274 e. The zero-order valence-electron chi connectivity index (χ0n) is 7.57. The van der Waals surface area contributed by atoms with Gasteiger partial charge in [0.1, 0.15) is 11.5 Å². The zero-order valence-corrected chi connectivity index (χ0v) is 7.57. The number of nitrogens with zero attached hydrogens (tertiary/aromatic N) is 2. The third-order valence-corrected chi connectivity index (χ3v) is 1.70. The third-order valence-electron chi connectivity index (χ3n) is 1.70. The van der Waals surface area contributed by atoms with Gasteiger partial charge in [0, 0.05) is 6.20 Å². The highest BCUT2D eigenvalue weighted by Gasteiger charge is 2.07. The van der Waals surface area contributed by atoms with Gasteiger partial charge in [-0.15, -0.1) is 0 Å². The van der Waals surface area contributed by atoms with Gasteiger partial charge in [-0.1, -0.05) is 6.07 Å². The van der Waals surface area contributed by atoms with Gasteiger partial charge in [0.25, 0.3) is 5.91 Å². The average Bonchev–Trinajstić information content (AvgIpc) is 2.70. The number of pyridine rings is 1. The summed E-state index contributed by atoms with van der Waals surface area (Å²) in [6.45, 7) is 0. The number of halogens is 1. The molecule has 5 nitrogen and oxygen atoms in total. The maximum absolute atomic E-state index is 12.7. The summed E-state index contributed by atoms with van der Waals surface area (Å²) in [6, 6.07) is 5.67. The predicted molar refractivity (Wildman–Crippen MR) is 50.7 cm³/mol. The van der Waals surface area contributed by atoms with Crippen LogP contribution in [-0.2, 0) is 0 Å². The fraction of sp³-hybridized carbons (Fsp3) is 0. The zero-order chi connectivity index (χ0) is 10.7. The molecule has 0 aromatic carbocycles. The van der Waals surface area contributed by atoms with Gasteiger partial charge in [-0.05, 0) is 18.2 Å². The van der Waals surface area contributed by atoms with Crippen LogP contribution in [-0.4, -0.2) is 21.1 Å². The summed E-state index contributed by atoms with van der Waals surface area (Å²) in [4.78, 5) is 14.9. The van der Waals surface area contributed by atoms with Crippen molar-refractivity contribution in [2.75, 3.05) is 5.32 Å². The molecule has 0 radical (unpaired) electrons. The van der Waals surface area contributed by atoms with Crippen LogP contribution in [0.5, 0.6) is 0 Å². The normalized spacial score (nSPS) is 9.93. The molecule has 76 valence electrons. The van der Waals surface area contributed by atoms with Gasteiger partial charge in [0.2, 0.25) is 5.95 Å². The predicted octanol–water partition coefficient (Wildman–Crippen LogP) is 1.20.